The van der Waals surface area contributed by atoms with Crippen LogP contribution in [0.15, 0.2) is 23.1 Å². The molecular formula is C6H3I2KO3S. The van der Waals surface area contributed by atoms with Crippen molar-refractivity contribution in [2.45, 2.75) is 4.90 Å². The van der Waals surface area contributed by atoms with Gasteiger partial charge in [-0.3, -0.25) is 0 Å². The smallest absolute Gasteiger partial charge is 0.744 e. The first-order valence-electron chi connectivity index (χ1n) is 2.82. The molecule has 0 heterocycles. The Bertz CT molecular complexity index is 404. The van der Waals surface area contributed by atoms with Gasteiger partial charge in [0.2, 0.25) is 0 Å². The number of rotatable bonds is 1. The van der Waals surface area contributed by atoms with Crippen LogP contribution in [0.1, 0.15) is 0 Å². The Kier molecular flexibility index (Phi) is 7.13. The predicted octanol–water partition coefficient (Wildman–Crippen LogP) is -1.20. The summed E-state index contributed by atoms with van der Waals surface area (Å²) >= 11 is 3.78. The van der Waals surface area contributed by atoms with E-state index < -0.39 is 10.1 Å². The topological polar surface area (TPSA) is 57.2 Å². The SMILES string of the molecule is O=S(=O)([O-])c1cc(I)ccc1I.[K+]. The first kappa shape index (κ1) is 15.2. The average molecular weight is 448 g/mol. The van der Waals surface area contributed by atoms with Crippen LogP contribution in [0.3, 0.4) is 0 Å². The van der Waals surface area contributed by atoms with Crippen molar-refractivity contribution in [1.29, 1.82) is 0 Å². The summed E-state index contributed by atoms with van der Waals surface area (Å²) < 4.78 is 33.1. The molecule has 1 rings (SSSR count). The second kappa shape index (κ2) is 6.08. The maximum atomic E-state index is 10.6. The molecule has 0 aliphatic carbocycles. The van der Waals surface area contributed by atoms with E-state index in [1.54, 1.807) is 12.1 Å². The summed E-state index contributed by atoms with van der Waals surface area (Å²) in [6.45, 7) is 0. The number of benzene rings is 1. The molecule has 0 amide bonds. The summed E-state index contributed by atoms with van der Waals surface area (Å²) in [6, 6.07) is 4.72. The van der Waals surface area contributed by atoms with Gasteiger partial charge in [-0.2, -0.15) is 0 Å². The van der Waals surface area contributed by atoms with Crippen LogP contribution in [0.2, 0.25) is 0 Å². The van der Waals surface area contributed by atoms with Crippen LogP contribution < -0.4 is 51.4 Å². The van der Waals surface area contributed by atoms with Gasteiger partial charge in [0.25, 0.3) is 0 Å². The standard InChI is InChI=1S/C6H4I2O3S.K/c7-4-1-2-5(8)6(3-4)12(9,10)11;/h1-3H,(H,9,10,11);/q;+1/p-1. The minimum atomic E-state index is -4.32. The molecule has 3 nitrogen and oxygen atoms in total. The Hall–Kier alpha value is 2.23. The Morgan fingerprint density at radius 1 is 1.23 bits per heavy atom. The number of hydrogen-bond acceptors (Lipinski definition) is 3. The molecule has 0 spiro atoms. The Morgan fingerprint density at radius 3 is 2.15 bits per heavy atom. The third-order valence-corrected chi connectivity index (χ3v) is 4.02. The zero-order chi connectivity index (χ0) is 9.35. The zero-order valence-corrected chi connectivity index (χ0v) is 14.9. The first-order valence-corrected chi connectivity index (χ1v) is 6.39. The van der Waals surface area contributed by atoms with E-state index in [9.17, 15) is 13.0 Å². The molecule has 0 bridgehead atoms. The predicted molar refractivity (Wildman–Crippen MR) is 59.8 cm³/mol. The summed E-state index contributed by atoms with van der Waals surface area (Å²) in [5.74, 6) is 0. The molecule has 0 atom stereocenters. The monoisotopic (exact) mass is 448 g/mol. The van der Waals surface area contributed by atoms with Gasteiger partial charge >= 0.3 is 51.4 Å². The molecule has 0 aliphatic heterocycles. The molecule has 0 aliphatic rings. The van der Waals surface area contributed by atoms with Crippen LogP contribution in [0.4, 0.5) is 0 Å². The third-order valence-electron chi connectivity index (χ3n) is 1.16. The first-order chi connectivity index (χ1) is 5.41. The van der Waals surface area contributed by atoms with E-state index in [0.717, 1.165) is 3.57 Å². The van der Waals surface area contributed by atoms with Crippen LogP contribution in [0.5, 0.6) is 0 Å². The zero-order valence-electron chi connectivity index (χ0n) is 6.62. The van der Waals surface area contributed by atoms with E-state index in [1.807, 2.05) is 45.2 Å². The van der Waals surface area contributed by atoms with Gasteiger partial charge in [-0.05, 0) is 63.4 Å². The molecule has 0 N–H and O–H groups in total. The van der Waals surface area contributed by atoms with Crippen molar-refractivity contribution in [3.63, 3.8) is 0 Å². The van der Waals surface area contributed by atoms with Crippen molar-refractivity contribution in [1.82, 2.24) is 0 Å². The Labute approximate surface area is 147 Å². The van der Waals surface area contributed by atoms with Crippen molar-refractivity contribution >= 4 is 55.3 Å². The minimum absolute atomic E-state index is 0. The molecular weight excluding hydrogens is 445 g/mol. The maximum absolute atomic E-state index is 10.6. The largest absolute Gasteiger partial charge is 1.00 e. The molecule has 0 saturated heterocycles. The molecule has 1 aromatic carbocycles. The summed E-state index contributed by atoms with van der Waals surface area (Å²) in [6.07, 6.45) is 0. The Balaban J connectivity index is 0.00000144. The maximum Gasteiger partial charge on any atom is 1.00 e. The van der Waals surface area contributed by atoms with Crippen LogP contribution in [-0.4, -0.2) is 13.0 Å². The molecule has 13 heavy (non-hydrogen) atoms. The van der Waals surface area contributed by atoms with E-state index >= 15 is 0 Å². The van der Waals surface area contributed by atoms with Crippen molar-refractivity contribution in [3.05, 3.63) is 25.3 Å². The van der Waals surface area contributed by atoms with Crippen LogP contribution >= 0.6 is 45.2 Å². The molecule has 7 heteroatoms. The molecule has 66 valence electrons. The Morgan fingerprint density at radius 2 is 1.77 bits per heavy atom. The van der Waals surface area contributed by atoms with E-state index in [0.29, 0.717) is 3.57 Å². The van der Waals surface area contributed by atoms with Gasteiger partial charge in [-0.25, -0.2) is 8.42 Å². The van der Waals surface area contributed by atoms with Crippen LogP contribution in [0.25, 0.3) is 0 Å². The second-order valence-corrected chi connectivity index (χ2v) is 5.78. The third kappa shape index (κ3) is 4.72. The van der Waals surface area contributed by atoms with E-state index in [1.165, 1.54) is 6.07 Å². The molecule has 0 unspecified atom stereocenters. The second-order valence-electron chi connectivity index (χ2n) is 2.03. The van der Waals surface area contributed by atoms with Gasteiger partial charge in [0, 0.05) is 7.14 Å². The van der Waals surface area contributed by atoms with Gasteiger partial charge in [0.15, 0.2) is 0 Å². The fourth-order valence-electron chi connectivity index (χ4n) is 0.669. The molecule has 0 saturated carbocycles. The van der Waals surface area contributed by atoms with Crippen molar-refractivity contribution < 1.29 is 64.4 Å². The molecule has 0 aromatic heterocycles. The van der Waals surface area contributed by atoms with Crippen LogP contribution in [-0.2, 0) is 10.1 Å². The van der Waals surface area contributed by atoms with Gasteiger partial charge < -0.3 is 4.55 Å². The number of halogens is 2. The molecule has 1 aromatic rings. The number of hydrogen-bond donors (Lipinski definition) is 0. The fraction of sp³-hybridized carbons (Fsp3) is 0. The van der Waals surface area contributed by atoms with Crippen molar-refractivity contribution in [2.75, 3.05) is 0 Å². The van der Waals surface area contributed by atoms with Gasteiger partial charge in [0.1, 0.15) is 10.1 Å². The van der Waals surface area contributed by atoms with Gasteiger partial charge in [0.05, 0.1) is 4.90 Å². The molecule has 0 radical (unpaired) electrons. The van der Waals surface area contributed by atoms with Crippen LogP contribution in [0, 0.1) is 7.14 Å². The normalized spacial score (nSPS) is 10.7. The van der Waals surface area contributed by atoms with E-state index in [4.69, 9.17) is 0 Å². The summed E-state index contributed by atoms with van der Waals surface area (Å²) in [5.41, 5.74) is 0. The summed E-state index contributed by atoms with van der Waals surface area (Å²) in [5, 5.41) is 0. The minimum Gasteiger partial charge on any atom is -0.744 e. The average Bonchev–Trinajstić information content (AvgIpc) is 1.92. The quantitative estimate of drug-likeness (QED) is 0.309. The fourth-order valence-corrected chi connectivity index (χ4v) is 3.09. The summed E-state index contributed by atoms with van der Waals surface area (Å²) in [7, 11) is -4.32. The van der Waals surface area contributed by atoms with Gasteiger partial charge in [-0.1, -0.05) is 0 Å². The molecule has 0 fully saturated rings. The van der Waals surface area contributed by atoms with Gasteiger partial charge in [-0.15, -0.1) is 0 Å². The summed E-state index contributed by atoms with van der Waals surface area (Å²) in [4.78, 5) is -0.144. The van der Waals surface area contributed by atoms with Crippen molar-refractivity contribution in [2.24, 2.45) is 0 Å². The van der Waals surface area contributed by atoms with Crippen molar-refractivity contribution in [3.8, 4) is 0 Å². The van der Waals surface area contributed by atoms with E-state index in [-0.39, 0.29) is 56.3 Å². The van der Waals surface area contributed by atoms with E-state index in [2.05, 4.69) is 0 Å².